The highest BCUT2D eigenvalue weighted by molar-refractivity contribution is 7.40. The lowest BCUT2D eigenvalue weighted by molar-refractivity contribution is -0.113. The minimum Gasteiger partial charge on any atom is -0.326 e. The Morgan fingerprint density at radius 2 is 2.36 bits per heavy atom. The molecule has 0 aliphatic rings. The lowest BCUT2D eigenvalue weighted by Crippen LogP contribution is -2.33. The molecular formula is C7H13N2OP. The summed E-state index contributed by atoms with van der Waals surface area (Å²) in [4.78, 5) is 10.8. The summed E-state index contributed by atoms with van der Waals surface area (Å²) in [5.41, 5.74) is 5.44. The molecule has 11 heavy (non-hydrogen) atoms. The Morgan fingerprint density at radius 3 is 2.64 bits per heavy atom. The van der Waals surface area contributed by atoms with Crippen LogP contribution in [0.5, 0.6) is 0 Å². The van der Waals surface area contributed by atoms with Crippen molar-refractivity contribution in [2.24, 2.45) is 11.7 Å². The molecule has 3 nitrogen and oxygen atoms in total. The first kappa shape index (κ1) is 10.5. The van der Waals surface area contributed by atoms with Crippen LogP contribution in [0.1, 0.15) is 6.42 Å². The lowest BCUT2D eigenvalue weighted by atomic mass is 10.0. The molecule has 0 aliphatic heterocycles. The van der Waals surface area contributed by atoms with Crippen molar-refractivity contribution in [1.82, 2.24) is 0 Å². The first-order valence-electron chi connectivity index (χ1n) is 3.29. The highest BCUT2D eigenvalue weighted by Crippen LogP contribution is 2.08. The molecule has 3 atom stereocenters. The van der Waals surface area contributed by atoms with Crippen molar-refractivity contribution in [3.63, 3.8) is 0 Å². The zero-order valence-electron chi connectivity index (χ0n) is 6.29. The minimum absolute atomic E-state index is 0.144. The van der Waals surface area contributed by atoms with Crippen LogP contribution in [0.4, 0.5) is 0 Å². The maximum atomic E-state index is 10.8. The van der Waals surface area contributed by atoms with Gasteiger partial charge in [-0.2, -0.15) is 0 Å². The number of carbonyl (C=O) groups excluding carboxylic acids is 1. The van der Waals surface area contributed by atoms with E-state index in [0.717, 1.165) is 6.21 Å². The van der Waals surface area contributed by atoms with Gasteiger partial charge >= 0.3 is 0 Å². The largest absolute Gasteiger partial charge is 0.326 e. The van der Waals surface area contributed by atoms with Crippen LogP contribution >= 0.6 is 9.24 Å². The van der Waals surface area contributed by atoms with Crippen LogP contribution in [0.25, 0.3) is 0 Å². The normalized spacial score (nSPS) is 15.1. The fraction of sp³-hybridized carbons (Fsp3) is 0.429. The van der Waals surface area contributed by atoms with E-state index in [-0.39, 0.29) is 11.6 Å². The van der Waals surface area contributed by atoms with Crippen molar-refractivity contribution >= 4 is 21.0 Å². The van der Waals surface area contributed by atoms with E-state index in [0.29, 0.717) is 6.42 Å². The Morgan fingerprint density at radius 1 is 1.82 bits per heavy atom. The number of hydrogen-bond acceptors (Lipinski definition) is 3. The predicted octanol–water partition coefficient (Wildman–Crippen LogP) is 0.557. The molecule has 0 spiro atoms. The lowest BCUT2D eigenvalue weighted by Gasteiger charge is -2.14. The molecule has 0 radical (unpaired) electrons. The summed E-state index contributed by atoms with van der Waals surface area (Å²) in [6.45, 7) is 3.50. The molecule has 4 heteroatoms. The Hall–Kier alpha value is -0.530. The Bertz CT molecular complexity index is 170. The Kier molecular flexibility index (Phi) is 4.92. The van der Waals surface area contributed by atoms with Gasteiger partial charge in [-0.15, -0.1) is 6.58 Å². The van der Waals surface area contributed by atoms with Crippen molar-refractivity contribution in [3.8, 4) is 0 Å². The second-order valence-corrected chi connectivity index (χ2v) is 2.85. The van der Waals surface area contributed by atoms with Gasteiger partial charge in [-0.05, 0) is 6.42 Å². The van der Waals surface area contributed by atoms with Gasteiger partial charge in [-0.25, -0.2) is 0 Å². The molecule has 0 rings (SSSR count). The molecule has 0 aliphatic carbocycles. The SMILES string of the molecule is C=CCC(N)C(C=N)C(=O)P. The molecule has 0 saturated carbocycles. The van der Waals surface area contributed by atoms with Gasteiger partial charge in [0.05, 0.1) is 5.92 Å². The van der Waals surface area contributed by atoms with Gasteiger partial charge in [0.2, 0.25) is 0 Å². The summed E-state index contributed by atoms with van der Waals surface area (Å²) in [6, 6.07) is -0.310. The first-order chi connectivity index (χ1) is 5.13. The molecule has 62 valence electrons. The van der Waals surface area contributed by atoms with Gasteiger partial charge < -0.3 is 11.1 Å². The van der Waals surface area contributed by atoms with E-state index in [2.05, 4.69) is 6.58 Å². The standard InChI is InChI=1S/C7H13N2OP/c1-2-3-6(9)5(4-8)7(10)11/h2,4-6,8H,1,3,9,11H2. The van der Waals surface area contributed by atoms with E-state index in [4.69, 9.17) is 11.1 Å². The van der Waals surface area contributed by atoms with Crippen molar-refractivity contribution in [2.45, 2.75) is 12.5 Å². The molecule has 0 aromatic carbocycles. The zero-order valence-corrected chi connectivity index (χ0v) is 7.44. The molecule has 0 fully saturated rings. The summed E-state index contributed by atoms with van der Waals surface area (Å²) in [7, 11) is 2.03. The van der Waals surface area contributed by atoms with Crippen LogP contribution in [0.3, 0.4) is 0 Å². The first-order valence-corrected chi connectivity index (χ1v) is 3.87. The van der Waals surface area contributed by atoms with Gasteiger partial charge in [0.15, 0.2) is 5.52 Å². The molecule has 0 aromatic rings. The Balaban J connectivity index is 4.12. The van der Waals surface area contributed by atoms with E-state index in [1.165, 1.54) is 0 Å². The molecule has 3 N–H and O–H groups in total. The maximum Gasteiger partial charge on any atom is 0.158 e. The monoisotopic (exact) mass is 172 g/mol. The van der Waals surface area contributed by atoms with E-state index < -0.39 is 5.92 Å². The molecule has 0 bridgehead atoms. The third-order valence-electron chi connectivity index (χ3n) is 1.41. The number of rotatable bonds is 5. The summed E-state index contributed by atoms with van der Waals surface area (Å²) in [5.74, 6) is -0.488. The fourth-order valence-electron chi connectivity index (χ4n) is 0.756. The molecular weight excluding hydrogens is 159 g/mol. The van der Waals surface area contributed by atoms with Crippen LogP contribution in [0, 0.1) is 11.3 Å². The quantitative estimate of drug-likeness (QED) is 0.361. The average Bonchev–Trinajstić information content (AvgIpc) is 1.88. The van der Waals surface area contributed by atoms with E-state index in [1.54, 1.807) is 6.08 Å². The minimum atomic E-state index is -0.488. The van der Waals surface area contributed by atoms with Gasteiger partial charge in [0, 0.05) is 12.3 Å². The summed E-state index contributed by atoms with van der Waals surface area (Å²) in [6.07, 6.45) is 3.28. The summed E-state index contributed by atoms with van der Waals surface area (Å²) >= 11 is 0. The third kappa shape index (κ3) is 3.40. The molecule has 0 aromatic heterocycles. The van der Waals surface area contributed by atoms with Crippen LogP contribution in [-0.4, -0.2) is 17.8 Å². The number of nitrogens with two attached hydrogens (primary N) is 1. The Labute approximate surface area is 68.8 Å². The highest BCUT2D eigenvalue weighted by atomic mass is 31.0. The highest BCUT2D eigenvalue weighted by Gasteiger charge is 2.18. The van der Waals surface area contributed by atoms with Crippen molar-refractivity contribution in [3.05, 3.63) is 12.7 Å². The zero-order chi connectivity index (χ0) is 8.85. The van der Waals surface area contributed by atoms with E-state index >= 15 is 0 Å². The molecule has 3 unspecified atom stereocenters. The van der Waals surface area contributed by atoms with E-state index in [9.17, 15) is 4.79 Å². The van der Waals surface area contributed by atoms with Gasteiger partial charge in [0.1, 0.15) is 0 Å². The molecule has 0 heterocycles. The number of nitrogens with one attached hydrogen (secondary N) is 1. The summed E-state index contributed by atoms with van der Waals surface area (Å²) < 4.78 is 0. The van der Waals surface area contributed by atoms with Gasteiger partial charge in [-0.3, -0.25) is 4.79 Å². The van der Waals surface area contributed by atoms with Gasteiger partial charge in [-0.1, -0.05) is 15.3 Å². The van der Waals surface area contributed by atoms with Crippen LogP contribution in [-0.2, 0) is 4.79 Å². The fourth-order valence-corrected chi connectivity index (χ4v) is 1.10. The van der Waals surface area contributed by atoms with Crippen molar-refractivity contribution < 1.29 is 4.79 Å². The second kappa shape index (κ2) is 5.16. The van der Waals surface area contributed by atoms with Crippen LogP contribution in [0.15, 0.2) is 12.7 Å². The smallest absolute Gasteiger partial charge is 0.158 e. The molecule has 0 saturated heterocycles. The topological polar surface area (TPSA) is 66.9 Å². The summed E-state index contributed by atoms with van der Waals surface area (Å²) in [5, 5.41) is 6.93. The molecule has 0 amide bonds. The van der Waals surface area contributed by atoms with Crippen molar-refractivity contribution in [2.75, 3.05) is 0 Å². The number of carbonyl (C=O) groups is 1. The van der Waals surface area contributed by atoms with E-state index in [1.807, 2.05) is 9.24 Å². The number of hydrogen-bond donors (Lipinski definition) is 2. The predicted molar refractivity (Wildman–Crippen MR) is 49.8 cm³/mol. The second-order valence-electron chi connectivity index (χ2n) is 2.28. The average molecular weight is 172 g/mol. The third-order valence-corrected chi connectivity index (χ3v) is 1.79. The van der Waals surface area contributed by atoms with Crippen molar-refractivity contribution in [1.29, 1.82) is 5.41 Å². The van der Waals surface area contributed by atoms with Crippen LogP contribution < -0.4 is 5.73 Å². The van der Waals surface area contributed by atoms with Crippen LogP contribution in [0.2, 0.25) is 0 Å². The van der Waals surface area contributed by atoms with Gasteiger partial charge in [0.25, 0.3) is 0 Å². The maximum absolute atomic E-state index is 10.8.